The molecule has 1 aliphatic carbocycles. The van der Waals surface area contributed by atoms with E-state index >= 15 is 0 Å². The maximum Gasteiger partial charge on any atom is 0.326 e. The molecule has 0 aromatic carbocycles. The van der Waals surface area contributed by atoms with E-state index in [4.69, 9.17) is 10.4 Å². The van der Waals surface area contributed by atoms with Crippen LogP contribution in [-0.4, -0.2) is 40.6 Å². The van der Waals surface area contributed by atoms with Crippen LogP contribution >= 0.6 is 0 Å². The van der Waals surface area contributed by atoms with E-state index in [0.29, 0.717) is 13.0 Å². The van der Waals surface area contributed by atoms with E-state index in [1.807, 2.05) is 6.07 Å². The minimum absolute atomic E-state index is 0.176. The van der Waals surface area contributed by atoms with Crippen LogP contribution in [0.4, 0.5) is 4.79 Å². The summed E-state index contributed by atoms with van der Waals surface area (Å²) in [5, 5.41) is 19.8. The Morgan fingerprint density at radius 1 is 1.59 bits per heavy atom. The summed E-state index contributed by atoms with van der Waals surface area (Å²) in [5.74, 6) is -1.03. The second kappa shape index (κ2) is 6.09. The normalized spacial score (nSPS) is 15.8. The topological polar surface area (TPSA) is 93.4 Å². The molecule has 1 rings (SSSR count). The van der Waals surface area contributed by atoms with E-state index in [9.17, 15) is 9.59 Å². The van der Waals surface area contributed by atoms with Gasteiger partial charge in [0, 0.05) is 12.6 Å². The fourth-order valence-electron chi connectivity index (χ4n) is 1.58. The zero-order chi connectivity index (χ0) is 12.8. The zero-order valence-corrected chi connectivity index (χ0v) is 9.85. The van der Waals surface area contributed by atoms with Gasteiger partial charge in [-0.15, -0.1) is 0 Å². The van der Waals surface area contributed by atoms with Gasteiger partial charge in [-0.3, -0.25) is 0 Å². The molecule has 6 heteroatoms. The fourth-order valence-corrected chi connectivity index (χ4v) is 1.58. The number of nitriles is 1. The first kappa shape index (κ1) is 13.3. The number of nitrogens with one attached hydrogen (secondary N) is 1. The lowest BCUT2D eigenvalue weighted by Crippen LogP contribution is -2.48. The van der Waals surface area contributed by atoms with Crippen molar-refractivity contribution < 1.29 is 14.7 Å². The molecule has 0 saturated heterocycles. The summed E-state index contributed by atoms with van der Waals surface area (Å²) >= 11 is 0. The third kappa shape index (κ3) is 3.94. The molecule has 1 fully saturated rings. The molecule has 0 aliphatic heterocycles. The summed E-state index contributed by atoms with van der Waals surface area (Å²) in [4.78, 5) is 24.2. The highest BCUT2D eigenvalue weighted by Crippen LogP contribution is 2.26. The first-order valence-corrected chi connectivity index (χ1v) is 5.77. The van der Waals surface area contributed by atoms with Crippen molar-refractivity contribution >= 4 is 12.0 Å². The molecule has 6 nitrogen and oxygen atoms in total. The van der Waals surface area contributed by atoms with E-state index in [1.54, 1.807) is 11.8 Å². The van der Waals surface area contributed by atoms with Crippen molar-refractivity contribution in [3.8, 4) is 6.07 Å². The molecule has 0 radical (unpaired) electrons. The van der Waals surface area contributed by atoms with Crippen LogP contribution in [0.2, 0.25) is 0 Å². The van der Waals surface area contributed by atoms with Crippen molar-refractivity contribution in [2.24, 2.45) is 0 Å². The highest BCUT2D eigenvalue weighted by atomic mass is 16.4. The van der Waals surface area contributed by atoms with Crippen LogP contribution in [0.15, 0.2) is 0 Å². The van der Waals surface area contributed by atoms with Gasteiger partial charge < -0.3 is 15.3 Å². The summed E-state index contributed by atoms with van der Waals surface area (Å²) in [7, 11) is 0. The monoisotopic (exact) mass is 239 g/mol. The maximum absolute atomic E-state index is 11.8. The molecule has 0 aromatic heterocycles. The molecule has 1 aliphatic rings. The number of carbonyl (C=O) groups excluding carboxylic acids is 1. The molecule has 1 atom stereocenters. The van der Waals surface area contributed by atoms with Gasteiger partial charge in [-0.25, -0.2) is 9.59 Å². The van der Waals surface area contributed by atoms with Crippen LogP contribution in [0.5, 0.6) is 0 Å². The third-order valence-electron chi connectivity index (χ3n) is 2.72. The fraction of sp³-hybridized carbons (Fsp3) is 0.727. The van der Waals surface area contributed by atoms with E-state index in [2.05, 4.69) is 5.32 Å². The van der Waals surface area contributed by atoms with Gasteiger partial charge >= 0.3 is 12.0 Å². The van der Waals surface area contributed by atoms with Gasteiger partial charge in [0.2, 0.25) is 0 Å². The van der Waals surface area contributed by atoms with Crippen molar-refractivity contribution in [2.45, 2.75) is 44.7 Å². The highest BCUT2D eigenvalue weighted by molar-refractivity contribution is 5.82. The number of hydrogen-bond acceptors (Lipinski definition) is 3. The largest absolute Gasteiger partial charge is 0.480 e. The summed E-state index contributed by atoms with van der Waals surface area (Å²) in [6.45, 7) is 2.07. The summed E-state index contributed by atoms with van der Waals surface area (Å²) < 4.78 is 0. The number of aliphatic carboxylic acids is 1. The second-order valence-electron chi connectivity index (χ2n) is 4.08. The van der Waals surface area contributed by atoms with Crippen molar-refractivity contribution in [3.05, 3.63) is 0 Å². The number of hydrogen-bond donors (Lipinski definition) is 2. The Morgan fingerprint density at radius 3 is 2.65 bits per heavy atom. The standard InChI is InChI=1S/C11H17N3O3/c1-2-9(10(15)16)13-11(17)14(7-3-6-12)8-4-5-8/h8-9H,2-5,7H2,1H3,(H,13,17)(H,15,16)/t9-/m0/s1. The van der Waals surface area contributed by atoms with Crippen LogP contribution in [0, 0.1) is 11.3 Å². The minimum Gasteiger partial charge on any atom is -0.480 e. The predicted molar refractivity (Wildman–Crippen MR) is 60.2 cm³/mol. The van der Waals surface area contributed by atoms with Gasteiger partial charge in [0.1, 0.15) is 6.04 Å². The first-order valence-electron chi connectivity index (χ1n) is 5.77. The Bertz CT molecular complexity index is 333. The summed E-state index contributed by atoms with van der Waals surface area (Å²) in [5.41, 5.74) is 0. The Labute approximate surface area is 100 Å². The van der Waals surface area contributed by atoms with Crippen LogP contribution in [0.25, 0.3) is 0 Å². The molecule has 1 saturated carbocycles. The molecule has 17 heavy (non-hydrogen) atoms. The highest BCUT2D eigenvalue weighted by Gasteiger charge is 2.33. The van der Waals surface area contributed by atoms with E-state index < -0.39 is 12.0 Å². The molecular weight excluding hydrogens is 222 g/mol. The molecule has 0 spiro atoms. The van der Waals surface area contributed by atoms with E-state index in [0.717, 1.165) is 12.8 Å². The van der Waals surface area contributed by atoms with Gasteiger partial charge in [-0.1, -0.05) is 6.92 Å². The van der Waals surface area contributed by atoms with Crippen molar-refractivity contribution in [1.82, 2.24) is 10.2 Å². The quantitative estimate of drug-likeness (QED) is 0.721. The first-order chi connectivity index (χ1) is 8.10. The molecule has 2 N–H and O–H groups in total. The number of carbonyl (C=O) groups is 2. The SMILES string of the molecule is CC[C@H](NC(=O)N(CCC#N)C1CC1)C(=O)O. The average Bonchev–Trinajstić information content (AvgIpc) is 3.10. The molecule has 0 unspecified atom stereocenters. The number of rotatable bonds is 6. The van der Waals surface area contributed by atoms with Crippen molar-refractivity contribution in [1.29, 1.82) is 5.26 Å². The predicted octanol–water partition coefficient (Wildman–Crippen LogP) is 0.937. The number of nitrogens with zero attached hydrogens (tertiary/aromatic N) is 2. The van der Waals surface area contributed by atoms with Crippen molar-refractivity contribution in [2.75, 3.05) is 6.54 Å². The smallest absolute Gasteiger partial charge is 0.326 e. The van der Waals surface area contributed by atoms with Crippen molar-refractivity contribution in [3.63, 3.8) is 0 Å². The van der Waals surface area contributed by atoms with Crippen LogP contribution < -0.4 is 5.32 Å². The van der Waals surface area contributed by atoms with E-state index in [1.165, 1.54) is 0 Å². The van der Waals surface area contributed by atoms with E-state index in [-0.39, 0.29) is 18.5 Å². The number of amides is 2. The Balaban J connectivity index is 2.52. The van der Waals surface area contributed by atoms with Gasteiger partial charge in [-0.2, -0.15) is 5.26 Å². The Kier molecular flexibility index (Phi) is 4.76. The maximum atomic E-state index is 11.8. The third-order valence-corrected chi connectivity index (χ3v) is 2.72. The molecule has 0 aromatic rings. The molecule has 0 bridgehead atoms. The summed E-state index contributed by atoms with van der Waals surface area (Å²) in [6, 6.07) is 0.930. The van der Waals surface area contributed by atoms with Crippen LogP contribution in [-0.2, 0) is 4.79 Å². The van der Waals surface area contributed by atoms with Gasteiger partial charge in [-0.05, 0) is 19.3 Å². The second-order valence-corrected chi connectivity index (χ2v) is 4.08. The molecule has 94 valence electrons. The zero-order valence-electron chi connectivity index (χ0n) is 9.85. The average molecular weight is 239 g/mol. The Hall–Kier alpha value is -1.77. The van der Waals surface area contributed by atoms with Gasteiger partial charge in [0.25, 0.3) is 0 Å². The molecule has 2 amide bonds. The lowest BCUT2D eigenvalue weighted by molar-refractivity contribution is -0.139. The number of carboxylic acid groups (broad SMARTS) is 1. The van der Waals surface area contributed by atoms with Crippen LogP contribution in [0.3, 0.4) is 0 Å². The minimum atomic E-state index is -1.03. The molecular formula is C11H17N3O3. The van der Waals surface area contributed by atoms with Gasteiger partial charge in [0.15, 0.2) is 0 Å². The van der Waals surface area contributed by atoms with Crippen LogP contribution in [0.1, 0.15) is 32.6 Å². The van der Waals surface area contributed by atoms with Gasteiger partial charge in [0.05, 0.1) is 12.5 Å². The molecule has 0 heterocycles. The lowest BCUT2D eigenvalue weighted by atomic mass is 10.2. The Morgan fingerprint density at radius 2 is 2.24 bits per heavy atom. The lowest BCUT2D eigenvalue weighted by Gasteiger charge is -2.23. The number of carboxylic acids is 1. The number of urea groups is 1. The summed E-state index contributed by atoms with van der Waals surface area (Å²) in [6.07, 6.45) is 2.48.